The Labute approximate surface area is 121 Å². The number of alkyl halides is 3. The Hall–Kier alpha value is -2.28. The van der Waals surface area contributed by atoms with E-state index in [1.807, 2.05) is 0 Å². The highest BCUT2D eigenvalue weighted by atomic mass is 35.5. The summed E-state index contributed by atoms with van der Waals surface area (Å²) < 4.78 is 40.5. The predicted octanol–water partition coefficient (Wildman–Crippen LogP) is 3.16. The molecule has 0 bridgehead atoms. The Kier molecular flexibility index (Phi) is 3.02. The number of aromatic nitrogens is 3. The van der Waals surface area contributed by atoms with Crippen LogP contribution in [0.3, 0.4) is 0 Å². The van der Waals surface area contributed by atoms with Gasteiger partial charge in [-0.25, -0.2) is 4.52 Å². The van der Waals surface area contributed by atoms with Gasteiger partial charge in [-0.05, 0) is 24.3 Å². The van der Waals surface area contributed by atoms with Crippen LogP contribution in [0.4, 0.5) is 13.2 Å². The van der Waals surface area contributed by atoms with Crippen molar-refractivity contribution in [3.8, 4) is 5.69 Å². The zero-order chi connectivity index (χ0) is 15.2. The Morgan fingerprint density at radius 1 is 1.19 bits per heavy atom. The van der Waals surface area contributed by atoms with E-state index in [2.05, 4.69) is 5.10 Å². The van der Waals surface area contributed by atoms with E-state index in [1.54, 1.807) is 0 Å². The van der Waals surface area contributed by atoms with Crippen molar-refractivity contribution in [1.82, 2.24) is 14.2 Å². The number of hydrogen-bond acceptors (Lipinski definition) is 2. The molecule has 0 radical (unpaired) electrons. The van der Waals surface area contributed by atoms with Crippen molar-refractivity contribution in [2.45, 2.75) is 6.18 Å². The van der Waals surface area contributed by atoms with E-state index < -0.39 is 17.3 Å². The van der Waals surface area contributed by atoms with E-state index in [0.29, 0.717) is 0 Å². The summed E-state index contributed by atoms with van der Waals surface area (Å²) in [5, 5.41) is 4.13. The summed E-state index contributed by atoms with van der Waals surface area (Å²) in [6, 6.07) is 5.93. The van der Waals surface area contributed by atoms with Crippen LogP contribution in [0.1, 0.15) is 5.56 Å². The molecule has 0 spiro atoms. The minimum absolute atomic E-state index is 0.0714. The Balaban J connectivity index is 2.24. The smallest absolute Gasteiger partial charge is 0.266 e. The molecule has 4 nitrogen and oxygen atoms in total. The highest BCUT2D eigenvalue weighted by molar-refractivity contribution is 6.33. The van der Waals surface area contributed by atoms with Crippen molar-refractivity contribution in [1.29, 1.82) is 0 Å². The second kappa shape index (κ2) is 4.63. The second-order valence-electron chi connectivity index (χ2n) is 4.31. The maximum Gasteiger partial charge on any atom is 0.416 e. The maximum absolute atomic E-state index is 12.7. The summed E-state index contributed by atoms with van der Waals surface area (Å²) in [4.78, 5) is 12.3. The van der Waals surface area contributed by atoms with Gasteiger partial charge in [0.1, 0.15) is 11.8 Å². The number of halogens is 4. The van der Waals surface area contributed by atoms with Gasteiger partial charge in [-0.3, -0.25) is 9.36 Å². The lowest BCUT2D eigenvalue weighted by atomic mass is 10.2. The van der Waals surface area contributed by atoms with E-state index in [-0.39, 0.29) is 16.2 Å². The molecule has 0 aliphatic rings. The number of hydrogen-bond donors (Lipinski definition) is 0. The van der Waals surface area contributed by atoms with Crippen molar-refractivity contribution >= 4 is 17.1 Å². The van der Waals surface area contributed by atoms with Gasteiger partial charge in [0, 0.05) is 6.20 Å². The SMILES string of the molecule is O=c1c2c(Cl)ccn2ncn1-c1cccc(C(F)(F)F)c1. The van der Waals surface area contributed by atoms with Crippen molar-refractivity contribution in [2.24, 2.45) is 0 Å². The van der Waals surface area contributed by atoms with Gasteiger partial charge in [0.2, 0.25) is 0 Å². The van der Waals surface area contributed by atoms with Crippen LogP contribution in [0.25, 0.3) is 11.2 Å². The van der Waals surface area contributed by atoms with Gasteiger partial charge in [0.15, 0.2) is 0 Å². The molecule has 0 unspecified atom stereocenters. The lowest BCUT2D eigenvalue weighted by Crippen LogP contribution is -2.21. The zero-order valence-corrected chi connectivity index (χ0v) is 11.1. The van der Waals surface area contributed by atoms with Crippen LogP contribution in [0.5, 0.6) is 0 Å². The monoisotopic (exact) mass is 313 g/mol. The molecule has 2 heterocycles. The molecule has 0 aliphatic heterocycles. The normalized spacial score (nSPS) is 12.0. The molecular formula is C13H7ClF3N3O. The first-order chi connectivity index (χ1) is 9.88. The molecule has 0 aliphatic carbocycles. The minimum Gasteiger partial charge on any atom is -0.266 e. The van der Waals surface area contributed by atoms with Crippen molar-refractivity contribution in [3.63, 3.8) is 0 Å². The molecule has 0 saturated carbocycles. The van der Waals surface area contributed by atoms with E-state index in [1.165, 1.54) is 28.9 Å². The maximum atomic E-state index is 12.7. The van der Waals surface area contributed by atoms with Crippen LogP contribution in [-0.2, 0) is 6.18 Å². The van der Waals surface area contributed by atoms with Crippen LogP contribution in [0.2, 0.25) is 5.02 Å². The summed E-state index contributed by atoms with van der Waals surface area (Å²) in [6.45, 7) is 0. The molecule has 3 aromatic rings. The molecule has 3 rings (SSSR count). The summed E-state index contributed by atoms with van der Waals surface area (Å²) in [6.07, 6.45) is -1.83. The van der Waals surface area contributed by atoms with Crippen molar-refractivity contribution < 1.29 is 13.2 Å². The molecular weight excluding hydrogens is 307 g/mol. The molecule has 8 heteroatoms. The van der Waals surface area contributed by atoms with Gasteiger partial charge in [-0.15, -0.1) is 0 Å². The average molecular weight is 314 g/mol. The third-order valence-corrected chi connectivity index (χ3v) is 3.29. The Morgan fingerprint density at radius 2 is 1.95 bits per heavy atom. The zero-order valence-electron chi connectivity index (χ0n) is 10.3. The molecule has 0 amide bonds. The van der Waals surface area contributed by atoms with E-state index in [0.717, 1.165) is 23.0 Å². The Bertz CT molecular complexity index is 882. The van der Waals surface area contributed by atoms with Crippen LogP contribution >= 0.6 is 11.6 Å². The lowest BCUT2D eigenvalue weighted by molar-refractivity contribution is -0.137. The fourth-order valence-corrected chi connectivity index (χ4v) is 2.21. The third kappa shape index (κ3) is 2.29. The van der Waals surface area contributed by atoms with Gasteiger partial charge >= 0.3 is 6.18 Å². The van der Waals surface area contributed by atoms with Gasteiger partial charge < -0.3 is 0 Å². The first kappa shape index (κ1) is 13.7. The first-order valence-corrected chi connectivity index (χ1v) is 6.18. The number of benzene rings is 1. The van der Waals surface area contributed by atoms with Gasteiger partial charge in [0.25, 0.3) is 5.56 Å². The van der Waals surface area contributed by atoms with Gasteiger partial charge in [-0.1, -0.05) is 17.7 Å². The topological polar surface area (TPSA) is 39.3 Å². The van der Waals surface area contributed by atoms with Crippen LogP contribution in [-0.4, -0.2) is 14.2 Å². The molecule has 0 saturated heterocycles. The minimum atomic E-state index is -4.48. The molecule has 108 valence electrons. The molecule has 0 N–H and O–H groups in total. The summed E-state index contributed by atoms with van der Waals surface area (Å²) >= 11 is 5.89. The summed E-state index contributed by atoms with van der Waals surface area (Å²) in [5.74, 6) is 0. The van der Waals surface area contributed by atoms with E-state index in [4.69, 9.17) is 11.6 Å². The van der Waals surface area contributed by atoms with Gasteiger partial charge in [0.05, 0.1) is 16.3 Å². The van der Waals surface area contributed by atoms with Gasteiger partial charge in [-0.2, -0.15) is 18.3 Å². The molecule has 1 aromatic carbocycles. The van der Waals surface area contributed by atoms with Crippen LogP contribution in [0, 0.1) is 0 Å². The van der Waals surface area contributed by atoms with Crippen molar-refractivity contribution in [3.05, 3.63) is 63.8 Å². The largest absolute Gasteiger partial charge is 0.416 e. The van der Waals surface area contributed by atoms with E-state index >= 15 is 0 Å². The summed E-state index contributed by atoms with van der Waals surface area (Å²) in [5.41, 5.74) is -1.20. The lowest BCUT2D eigenvalue weighted by Gasteiger charge is -2.10. The fourth-order valence-electron chi connectivity index (χ4n) is 1.99. The van der Waals surface area contributed by atoms with Crippen molar-refractivity contribution in [2.75, 3.05) is 0 Å². The summed E-state index contributed by atoms with van der Waals surface area (Å²) in [7, 11) is 0. The number of rotatable bonds is 1. The quantitative estimate of drug-likeness (QED) is 0.692. The molecule has 2 aromatic heterocycles. The highest BCUT2D eigenvalue weighted by Gasteiger charge is 2.30. The average Bonchev–Trinajstić information content (AvgIpc) is 2.81. The van der Waals surface area contributed by atoms with Crippen LogP contribution in [0.15, 0.2) is 47.7 Å². The molecule has 21 heavy (non-hydrogen) atoms. The van der Waals surface area contributed by atoms with Crippen LogP contribution < -0.4 is 5.56 Å². The molecule has 0 fully saturated rings. The number of nitrogens with zero attached hydrogens (tertiary/aromatic N) is 3. The highest BCUT2D eigenvalue weighted by Crippen LogP contribution is 2.30. The number of fused-ring (bicyclic) bond motifs is 1. The predicted molar refractivity (Wildman–Crippen MR) is 70.8 cm³/mol. The standard InChI is InChI=1S/C13H7ClF3N3O/c14-10-4-5-20-11(10)12(21)19(7-18-20)9-3-1-2-8(6-9)13(15,16)17/h1-7H. The second-order valence-corrected chi connectivity index (χ2v) is 4.72. The first-order valence-electron chi connectivity index (χ1n) is 5.80. The fraction of sp³-hybridized carbons (Fsp3) is 0.0769. The third-order valence-electron chi connectivity index (χ3n) is 2.98. The molecule has 0 atom stereocenters. The van der Waals surface area contributed by atoms with E-state index in [9.17, 15) is 18.0 Å². The Morgan fingerprint density at radius 3 is 2.67 bits per heavy atom.